The van der Waals surface area contributed by atoms with Gasteiger partial charge < -0.3 is 5.32 Å². The average molecular weight is 268 g/mol. The molecule has 94 valence electrons. The summed E-state index contributed by atoms with van der Waals surface area (Å²) in [5.74, 6) is -0.0808. The molecule has 0 aliphatic carbocycles. The molecule has 0 saturated heterocycles. The number of carbonyl (C=O) groups is 1. The first kappa shape index (κ1) is 12.6. The van der Waals surface area contributed by atoms with Gasteiger partial charge in [0.05, 0.1) is 6.54 Å². The topological polar surface area (TPSA) is 46.9 Å². The van der Waals surface area contributed by atoms with E-state index in [0.717, 1.165) is 0 Å². The molecule has 1 N–H and O–H groups in total. The quantitative estimate of drug-likeness (QED) is 0.929. The zero-order valence-corrected chi connectivity index (χ0v) is 10.4. The molecule has 18 heavy (non-hydrogen) atoms. The minimum atomic E-state index is -0.344. The van der Waals surface area contributed by atoms with E-state index in [4.69, 9.17) is 11.6 Å². The summed E-state index contributed by atoms with van der Waals surface area (Å²) >= 11 is 5.96. The van der Waals surface area contributed by atoms with E-state index in [1.54, 1.807) is 16.9 Å². The molecule has 0 aliphatic heterocycles. The van der Waals surface area contributed by atoms with E-state index in [9.17, 15) is 9.18 Å². The number of benzene rings is 1. The Labute approximate surface area is 108 Å². The van der Waals surface area contributed by atoms with Gasteiger partial charge in [0.25, 0.3) is 0 Å². The lowest BCUT2D eigenvalue weighted by atomic mass is 10.2. The molecule has 6 heteroatoms. The van der Waals surface area contributed by atoms with Gasteiger partial charge in [0.2, 0.25) is 5.91 Å². The molecule has 1 aromatic carbocycles. The highest BCUT2D eigenvalue weighted by atomic mass is 35.5. The van der Waals surface area contributed by atoms with E-state index in [-0.39, 0.29) is 11.7 Å². The third kappa shape index (κ3) is 3.07. The molecular formula is C12H11ClFN3O. The third-order valence-corrected chi connectivity index (χ3v) is 2.65. The van der Waals surface area contributed by atoms with Crippen molar-refractivity contribution in [2.24, 2.45) is 0 Å². The average Bonchev–Trinajstić information content (AvgIpc) is 2.70. The van der Waals surface area contributed by atoms with Gasteiger partial charge >= 0.3 is 0 Å². The number of anilines is 1. The van der Waals surface area contributed by atoms with Crippen LogP contribution in [0.1, 0.15) is 12.5 Å². The van der Waals surface area contributed by atoms with Crippen LogP contribution in [0.5, 0.6) is 0 Å². The van der Waals surface area contributed by atoms with Crippen LogP contribution in [0.15, 0.2) is 30.5 Å². The van der Waals surface area contributed by atoms with Crippen LogP contribution in [-0.4, -0.2) is 15.7 Å². The predicted molar refractivity (Wildman–Crippen MR) is 67.0 cm³/mol. The lowest BCUT2D eigenvalue weighted by Crippen LogP contribution is -2.08. The molecule has 0 saturated carbocycles. The highest BCUT2D eigenvalue weighted by Gasteiger charge is 2.05. The fourth-order valence-electron chi connectivity index (χ4n) is 1.54. The number of halogens is 2. The molecule has 0 unspecified atom stereocenters. The lowest BCUT2D eigenvalue weighted by molar-refractivity contribution is -0.114. The molecule has 0 atom stereocenters. The highest BCUT2D eigenvalue weighted by Crippen LogP contribution is 2.18. The number of nitrogens with one attached hydrogen (secondary N) is 1. The van der Waals surface area contributed by atoms with Gasteiger partial charge in [-0.15, -0.1) is 0 Å². The molecule has 0 fully saturated rings. The largest absolute Gasteiger partial charge is 0.309 e. The molecule has 0 spiro atoms. The lowest BCUT2D eigenvalue weighted by Gasteiger charge is -2.04. The Kier molecular flexibility index (Phi) is 3.62. The Morgan fingerprint density at radius 1 is 1.50 bits per heavy atom. The van der Waals surface area contributed by atoms with Crippen molar-refractivity contribution in [3.05, 3.63) is 46.9 Å². The molecule has 1 heterocycles. The molecular weight excluding hydrogens is 257 g/mol. The molecule has 2 aromatic rings. The zero-order chi connectivity index (χ0) is 13.1. The number of hydrogen-bond donors (Lipinski definition) is 1. The van der Waals surface area contributed by atoms with Gasteiger partial charge in [-0.2, -0.15) is 5.10 Å². The van der Waals surface area contributed by atoms with E-state index in [2.05, 4.69) is 10.4 Å². The molecule has 0 bridgehead atoms. The van der Waals surface area contributed by atoms with E-state index >= 15 is 0 Å². The summed E-state index contributed by atoms with van der Waals surface area (Å²) in [6, 6.07) is 5.83. The van der Waals surface area contributed by atoms with E-state index in [0.29, 0.717) is 22.9 Å². The first-order chi connectivity index (χ1) is 8.54. The number of rotatable bonds is 3. The molecule has 1 aromatic heterocycles. The summed E-state index contributed by atoms with van der Waals surface area (Å²) < 4.78 is 14.7. The van der Waals surface area contributed by atoms with E-state index < -0.39 is 0 Å². The molecule has 0 radical (unpaired) electrons. The molecule has 4 nitrogen and oxygen atoms in total. The van der Waals surface area contributed by atoms with Gasteiger partial charge in [-0.3, -0.25) is 9.48 Å². The summed E-state index contributed by atoms with van der Waals surface area (Å²) in [7, 11) is 0. The Morgan fingerprint density at radius 3 is 3.00 bits per heavy atom. The van der Waals surface area contributed by atoms with Crippen LogP contribution in [0.4, 0.5) is 10.2 Å². The maximum Gasteiger partial charge on any atom is 0.222 e. The second-order valence-electron chi connectivity index (χ2n) is 3.82. The third-order valence-electron chi connectivity index (χ3n) is 2.28. The number of amides is 1. The van der Waals surface area contributed by atoms with Crippen LogP contribution in [0, 0.1) is 5.82 Å². The van der Waals surface area contributed by atoms with Crippen molar-refractivity contribution in [1.29, 1.82) is 0 Å². The predicted octanol–water partition coefficient (Wildman–Crippen LogP) is 2.68. The highest BCUT2D eigenvalue weighted by molar-refractivity contribution is 6.31. The fraction of sp³-hybridized carbons (Fsp3) is 0.167. The van der Waals surface area contributed by atoms with Gasteiger partial charge in [0, 0.05) is 24.2 Å². The van der Waals surface area contributed by atoms with Gasteiger partial charge in [0.1, 0.15) is 5.82 Å². The van der Waals surface area contributed by atoms with Gasteiger partial charge in [-0.1, -0.05) is 11.6 Å². The van der Waals surface area contributed by atoms with Crippen LogP contribution < -0.4 is 5.32 Å². The summed E-state index contributed by atoms with van der Waals surface area (Å²) in [6.45, 7) is 1.75. The van der Waals surface area contributed by atoms with Crippen LogP contribution in [0.3, 0.4) is 0 Å². The normalized spacial score (nSPS) is 10.4. The van der Waals surface area contributed by atoms with Gasteiger partial charge in [-0.05, 0) is 23.8 Å². The SMILES string of the molecule is CC(=O)Nc1ccn(Cc2cc(F)ccc2Cl)n1. The van der Waals surface area contributed by atoms with E-state index in [1.165, 1.54) is 25.1 Å². The first-order valence-electron chi connectivity index (χ1n) is 5.29. The maximum atomic E-state index is 13.1. The summed E-state index contributed by atoms with van der Waals surface area (Å²) in [6.07, 6.45) is 1.69. The first-order valence-corrected chi connectivity index (χ1v) is 5.67. The Balaban J connectivity index is 2.16. The Bertz CT molecular complexity index is 582. The maximum absolute atomic E-state index is 13.1. The van der Waals surface area contributed by atoms with Crippen molar-refractivity contribution in [2.45, 2.75) is 13.5 Å². The van der Waals surface area contributed by atoms with Gasteiger partial charge in [0.15, 0.2) is 5.82 Å². The molecule has 2 rings (SSSR count). The van der Waals surface area contributed by atoms with Crippen molar-refractivity contribution in [2.75, 3.05) is 5.32 Å². The van der Waals surface area contributed by atoms with Crippen LogP contribution >= 0.6 is 11.6 Å². The van der Waals surface area contributed by atoms with Crippen LogP contribution in [0.25, 0.3) is 0 Å². The Morgan fingerprint density at radius 2 is 2.28 bits per heavy atom. The standard InChI is InChI=1S/C12H11ClFN3O/c1-8(18)15-12-4-5-17(16-12)7-9-6-10(14)2-3-11(9)13/h2-6H,7H2,1H3,(H,15,16,18). The van der Waals surface area contributed by atoms with E-state index in [1.807, 2.05) is 0 Å². The molecule has 1 amide bonds. The zero-order valence-electron chi connectivity index (χ0n) is 9.65. The monoisotopic (exact) mass is 267 g/mol. The number of hydrogen-bond acceptors (Lipinski definition) is 2. The number of aromatic nitrogens is 2. The van der Waals surface area contributed by atoms with Crippen molar-refractivity contribution >= 4 is 23.3 Å². The second-order valence-corrected chi connectivity index (χ2v) is 4.22. The number of carbonyl (C=O) groups excluding carboxylic acids is 1. The minimum absolute atomic E-state index is 0.191. The summed E-state index contributed by atoms with van der Waals surface area (Å²) in [4.78, 5) is 10.8. The van der Waals surface area contributed by atoms with Crippen molar-refractivity contribution in [1.82, 2.24) is 9.78 Å². The van der Waals surface area contributed by atoms with Crippen LogP contribution in [0.2, 0.25) is 5.02 Å². The van der Waals surface area contributed by atoms with Crippen molar-refractivity contribution in [3.63, 3.8) is 0 Å². The summed E-state index contributed by atoms with van der Waals surface area (Å²) in [5, 5.41) is 7.16. The summed E-state index contributed by atoms with van der Waals surface area (Å²) in [5.41, 5.74) is 0.633. The number of nitrogens with zero attached hydrogens (tertiary/aromatic N) is 2. The fourth-order valence-corrected chi connectivity index (χ4v) is 1.71. The van der Waals surface area contributed by atoms with Crippen molar-refractivity contribution < 1.29 is 9.18 Å². The van der Waals surface area contributed by atoms with Crippen molar-refractivity contribution in [3.8, 4) is 0 Å². The molecule has 0 aliphatic rings. The second kappa shape index (κ2) is 5.18. The van der Waals surface area contributed by atoms with Crippen LogP contribution in [-0.2, 0) is 11.3 Å². The smallest absolute Gasteiger partial charge is 0.222 e. The Hall–Kier alpha value is -1.88. The minimum Gasteiger partial charge on any atom is -0.309 e. The van der Waals surface area contributed by atoms with Gasteiger partial charge in [-0.25, -0.2) is 4.39 Å².